The van der Waals surface area contributed by atoms with Gasteiger partial charge in [0, 0.05) is 28.4 Å². The lowest BCUT2D eigenvalue weighted by Crippen LogP contribution is -1.96. The molecule has 0 aliphatic heterocycles. The van der Waals surface area contributed by atoms with Crippen LogP contribution in [0.1, 0.15) is 116 Å². The molecule has 0 aromatic heterocycles. The fourth-order valence-corrected chi connectivity index (χ4v) is 0.638. The molecule has 0 atom stereocenters. The minimum atomic E-state index is 0.389. The van der Waals surface area contributed by atoms with Gasteiger partial charge in [-0.05, 0) is 0 Å². The largest absolute Gasteiger partial charge is 0.382 e. The molecule has 0 unspecified atom stereocenters. The lowest BCUT2D eigenvalue weighted by atomic mass is 10.3. The lowest BCUT2D eigenvalue weighted by Gasteiger charge is -1.91. The van der Waals surface area contributed by atoms with Crippen LogP contribution in [0.15, 0.2) is 0 Å². The first-order valence-corrected chi connectivity index (χ1v) is 11.7. The van der Waals surface area contributed by atoms with Crippen LogP contribution in [0, 0.1) is 0 Å². The van der Waals surface area contributed by atoms with Gasteiger partial charge in [0.1, 0.15) is 6.79 Å². The predicted molar refractivity (Wildman–Crippen MR) is 136 cm³/mol. The van der Waals surface area contributed by atoms with E-state index >= 15 is 0 Å². The summed E-state index contributed by atoms with van der Waals surface area (Å²) in [7, 11) is 6.48. The highest BCUT2D eigenvalue weighted by Gasteiger charge is 1.73. The number of hydrogen-bond donors (Lipinski definition) is 0. The number of unbranched alkanes of at least 4 members (excludes halogenated alkanes) is 2. The van der Waals surface area contributed by atoms with Crippen LogP contribution >= 0.6 is 0 Å². The second-order valence-corrected chi connectivity index (χ2v) is 3.03. The Labute approximate surface area is 184 Å². The standard InChI is InChI=1S/C5H12.C4H10O2.C3H8O2.6C2H6/c1-3-5-4-2;1-5-3-4-6-2;1-4-3-5-2;6*1-2/h3-5H2,1-2H3;3-4H2,1-2H3;3H2,1-2H3;6*1-2H3. The van der Waals surface area contributed by atoms with Crippen molar-refractivity contribution in [3.8, 4) is 0 Å². The Morgan fingerprint density at radius 3 is 0.643 bits per heavy atom. The Morgan fingerprint density at radius 1 is 0.393 bits per heavy atom. The number of hydrogen-bond acceptors (Lipinski definition) is 4. The molecule has 0 aromatic rings. The molecule has 0 aliphatic rings. The fraction of sp³-hybridized carbons (Fsp3) is 1.00. The van der Waals surface area contributed by atoms with Gasteiger partial charge in [-0.25, -0.2) is 0 Å². The Bertz CT molecular complexity index is 69.0. The minimum Gasteiger partial charge on any atom is -0.382 e. The maximum Gasteiger partial charge on any atom is 0.145 e. The van der Waals surface area contributed by atoms with Crippen LogP contribution in [0.25, 0.3) is 0 Å². The van der Waals surface area contributed by atoms with E-state index < -0.39 is 0 Å². The molecule has 0 aliphatic carbocycles. The van der Waals surface area contributed by atoms with E-state index in [4.69, 9.17) is 0 Å². The van der Waals surface area contributed by atoms with Crippen LogP contribution in [0.5, 0.6) is 0 Å². The summed E-state index contributed by atoms with van der Waals surface area (Å²) in [5.74, 6) is 0. The van der Waals surface area contributed by atoms with Crippen molar-refractivity contribution < 1.29 is 18.9 Å². The Kier molecular flexibility index (Phi) is 374. The molecule has 0 spiro atoms. The van der Waals surface area contributed by atoms with E-state index in [1.807, 2.05) is 83.1 Å². The van der Waals surface area contributed by atoms with Gasteiger partial charge >= 0.3 is 0 Å². The second kappa shape index (κ2) is 185. The van der Waals surface area contributed by atoms with Crippen LogP contribution in [-0.4, -0.2) is 48.4 Å². The van der Waals surface area contributed by atoms with Crippen molar-refractivity contribution in [1.82, 2.24) is 0 Å². The summed E-state index contributed by atoms with van der Waals surface area (Å²) < 4.78 is 18.3. The summed E-state index contributed by atoms with van der Waals surface area (Å²) in [5, 5.41) is 0. The van der Waals surface area contributed by atoms with Crippen molar-refractivity contribution in [2.45, 2.75) is 116 Å². The van der Waals surface area contributed by atoms with E-state index in [2.05, 4.69) is 32.8 Å². The van der Waals surface area contributed by atoms with Crippen LogP contribution in [-0.2, 0) is 18.9 Å². The maximum atomic E-state index is 4.66. The number of ether oxygens (including phenoxy) is 4. The van der Waals surface area contributed by atoms with E-state index in [1.54, 1.807) is 28.4 Å². The first-order chi connectivity index (χ1) is 13.7. The summed E-state index contributed by atoms with van der Waals surface area (Å²) in [6.45, 7) is 30.2. The fourth-order valence-electron chi connectivity index (χ4n) is 0.638. The molecule has 4 heteroatoms. The molecule has 186 valence electrons. The first kappa shape index (κ1) is 56.5. The van der Waals surface area contributed by atoms with Gasteiger partial charge in [-0.1, -0.05) is 116 Å². The topological polar surface area (TPSA) is 36.9 Å². The van der Waals surface area contributed by atoms with Gasteiger partial charge in [0.25, 0.3) is 0 Å². The van der Waals surface area contributed by atoms with Crippen LogP contribution < -0.4 is 0 Å². The summed E-state index contributed by atoms with van der Waals surface area (Å²) in [6.07, 6.45) is 4.08. The van der Waals surface area contributed by atoms with Gasteiger partial charge in [-0.3, -0.25) is 0 Å². The van der Waals surface area contributed by atoms with Crippen LogP contribution in [0.4, 0.5) is 0 Å². The Balaban J connectivity index is -0.0000000219. The molecule has 0 heterocycles. The molecule has 0 fully saturated rings. The summed E-state index contributed by atoms with van der Waals surface area (Å²) in [6, 6.07) is 0. The van der Waals surface area contributed by atoms with Crippen LogP contribution in [0.3, 0.4) is 0 Å². The van der Waals surface area contributed by atoms with Crippen molar-refractivity contribution >= 4 is 0 Å². The number of rotatable bonds is 7. The van der Waals surface area contributed by atoms with Gasteiger partial charge in [-0.15, -0.1) is 0 Å². The quantitative estimate of drug-likeness (QED) is 0.305. The van der Waals surface area contributed by atoms with Crippen molar-refractivity contribution in [1.29, 1.82) is 0 Å². The van der Waals surface area contributed by atoms with Crippen LogP contribution in [0.2, 0.25) is 0 Å². The average Bonchev–Trinajstić information content (AvgIpc) is 2.82. The Hall–Kier alpha value is -0.160. The molecular formula is C24H66O4. The van der Waals surface area contributed by atoms with E-state index in [-0.39, 0.29) is 0 Å². The zero-order valence-corrected chi connectivity index (χ0v) is 23.9. The minimum absolute atomic E-state index is 0.389. The molecule has 0 aromatic carbocycles. The molecule has 0 rings (SSSR count). The summed E-state index contributed by atoms with van der Waals surface area (Å²) in [4.78, 5) is 0. The van der Waals surface area contributed by atoms with Crippen molar-refractivity contribution in [2.75, 3.05) is 48.4 Å². The van der Waals surface area contributed by atoms with Gasteiger partial charge in [0.2, 0.25) is 0 Å². The highest BCUT2D eigenvalue weighted by Crippen LogP contribution is 1.88. The molecule has 28 heavy (non-hydrogen) atoms. The van der Waals surface area contributed by atoms with Crippen molar-refractivity contribution in [3.63, 3.8) is 0 Å². The van der Waals surface area contributed by atoms with E-state index in [0.29, 0.717) is 20.0 Å². The van der Waals surface area contributed by atoms with Gasteiger partial charge in [0.15, 0.2) is 0 Å². The molecule has 0 saturated heterocycles. The van der Waals surface area contributed by atoms with E-state index in [1.165, 1.54) is 19.3 Å². The van der Waals surface area contributed by atoms with Gasteiger partial charge in [0.05, 0.1) is 13.2 Å². The molecule has 0 bridgehead atoms. The monoisotopic (exact) mass is 418 g/mol. The lowest BCUT2D eigenvalue weighted by molar-refractivity contribution is -0.00272. The normalized spacial score (nSPS) is 6.21. The number of methoxy groups -OCH3 is 4. The molecule has 0 N–H and O–H groups in total. The third kappa shape index (κ3) is 341. The average molecular weight is 419 g/mol. The third-order valence-electron chi connectivity index (χ3n) is 1.43. The molecule has 4 nitrogen and oxygen atoms in total. The van der Waals surface area contributed by atoms with Gasteiger partial charge < -0.3 is 18.9 Å². The van der Waals surface area contributed by atoms with Crippen molar-refractivity contribution in [2.24, 2.45) is 0 Å². The predicted octanol–water partition coefficient (Wildman–Crippen LogP) is 8.87. The zero-order chi connectivity index (χ0) is 25.1. The highest BCUT2D eigenvalue weighted by atomic mass is 16.6. The second-order valence-electron chi connectivity index (χ2n) is 3.03. The molecule has 0 radical (unpaired) electrons. The van der Waals surface area contributed by atoms with Crippen molar-refractivity contribution in [3.05, 3.63) is 0 Å². The van der Waals surface area contributed by atoms with Gasteiger partial charge in [-0.2, -0.15) is 0 Å². The first-order valence-electron chi connectivity index (χ1n) is 11.7. The Morgan fingerprint density at radius 2 is 0.607 bits per heavy atom. The zero-order valence-electron chi connectivity index (χ0n) is 23.9. The highest BCUT2D eigenvalue weighted by molar-refractivity contribution is 4.24. The van der Waals surface area contributed by atoms with E-state index in [9.17, 15) is 0 Å². The summed E-state index contributed by atoms with van der Waals surface area (Å²) >= 11 is 0. The SMILES string of the molecule is CC.CC.CC.CC.CC.CC.CCCCC.COCCOC.COCOC. The smallest absolute Gasteiger partial charge is 0.145 e. The molecular weight excluding hydrogens is 352 g/mol. The maximum absolute atomic E-state index is 4.66. The third-order valence-corrected chi connectivity index (χ3v) is 1.43. The molecule has 0 saturated carbocycles. The molecule has 0 amide bonds. The summed E-state index contributed by atoms with van der Waals surface area (Å²) in [5.41, 5.74) is 0. The van der Waals surface area contributed by atoms with E-state index in [0.717, 1.165) is 0 Å².